The van der Waals surface area contributed by atoms with Gasteiger partial charge in [0.15, 0.2) is 0 Å². The van der Waals surface area contributed by atoms with Crippen LogP contribution in [-0.2, 0) is 0 Å². The molecule has 0 fully saturated rings. The van der Waals surface area contributed by atoms with E-state index < -0.39 is 5.09 Å². The predicted octanol–water partition coefficient (Wildman–Crippen LogP) is -6.34. The molecule has 0 atom stereocenters. The van der Waals surface area contributed by atoms with Crippen LogP contribution in [0.5, 0.6) is 0 Å². The average Bonchev–Trinajstić information content (AvgIpc) is 0.811. The average molecular weight is 182 g/mol. The maximum atomic E-state index is 8.36. The van der Waals surface area contributed by atoms with Gasteiger partial charge in [0.1, 0.15) is 0 Å². The third-order valence-corrected chi connectivity index (χ3v) is 0. The molecule has 0 aliphatic heterocycles. The van der Waals surface area contributed by atoms with Gasteiger partial charge < -0.3 is 22.2 Å². The molecule has 0 spiro atoms. The van der Waals surface area contributed by atoms with Gasteiger partial charge in [0.05, 0.1) is 0 Å². The summed E-state index contributed by atoms with van der Waals surface area (Å²) < 4.78 is 0. The van der Waals surface area contributed by atoms with Gasteiger partial charge in [0.25, 0.3) is 5.09 Å². The van der Waals surface area contributed by atoms with Crippen molar-refractivity contribution in [2.75, 3.05) is 0 Å². The molecular formula is HBrKNO3. The van der Waals surface area contributed by atoms with Gasteiger partial charge in [-0.2, -0.15) is 0 Å². The molecule has 0 aliphatic carbocycles. The van der Waals surface area contributed by atoms with Crippen molar-refractivity contribution in [2.45, 2.75) is 0 Å². The second-order valence-corrected chi connectivity index (χ2v) is 0.238. The van der Waals surface area contributed by atoms with Gasteiger partial charge in [-0.3, -0.25) is 0 Å². The number of nitrogens with zero attached hydrogens (tertiary/aromatic N) is 1. The van der Waals surface area contributed by atoms with E-state index in [0.717, 1.165) is 0 Å². The van der Waals surface area contributed by atoms with Crippen LogP contribution >= 0.6 is 0 Å². The summed E-state index contributed by atoms with van der Waals surface area (Å²) in [7, 11) is 0. The molecule has 0 aromatic heterocycles. The molecule has 4 nitrogen and oxygen atoms in total. The van der Waals surface area contributed by atoms with Crippen LogP contribution in [0.25, 0.3) is 0 Å². The maximum absolute atomic E-state index is 8.36. The van der Waals surface area contributed by atoms with E-state index in [1.165, 1.54) is 0 Å². The van der Waals surface area contributed by atoms with Gasteiger partial charge in [-0.15, -0.1) is 10.1 Å². The smallest absolute Gasteiger partial charge is 1.00 e. The van der Waals surface area contributed by atoms with E-state index in [1.54, 1.807) is 0 Å². The first kappa shape index (κ1) is 15.7. The van der Waals surface area contributed by atoms with Crippen LogP contribution in [0.4, 0.5) is 0 Å². The molecule has 0 unspecified atom stereocenters. The van der Waals surface area contributed by atoms with Crippen LogP contribution in [0, 0.1) is 10.1 Å². The zero-order valence-electron chi connectivity index (χ0n) is 3.09. The molecule has 0 amide bonds. The first-order chi connectivity index (χ1) is 1.73. The fraction of sp³-hybridized carbons (Fsp3) is 0. The Morgan fingerprint density at radius 3 is 1.67 bits per heavy atom. The van der Waals surface area contributed by atoms with Crippen molar-refractivity contribution in [1.29, 1.82) is 0 Å². The molecule has 32 valence electrons. The van der Waals surface area contributed by atoms with Gasteiger partial charge in [0, 0.05) is 0 Å². The SMILES string of the molecule is O=[N+]([O-])O.[Br-].[K+]. The van der Waals surface area contributed by atoms with E-state index in [-0.39, 0.29) is 68.4 Å². The van der Waals surface area contributed by atoms with Gasteiger partial charge >= 0.3 is 51.4 Å². The quantitative estimate of drug-likeness (QED) is 0.230. The monoisotopic (exact) mass is 181 g/mol. The Balaban J connectivity index is -0.0000000450. The summed E-state index contributed by atoms with van der Waals surface area (Å²) in [5.74, 6) is 0. The van der Waals surface area contributed by atoms with Crippen molar-refractivity contribution in [1.82, 2.24) is 0 Å². The zero-order chi connectivity index (χ0) is 3.58. The van der Waals surface area contributed by atoms with Gasteiger partial charge in [-0.25, -0.2) is 0 Å². The van der Waals surface area contributed by atoms with E-state index in [9.17, 15) is 0 Å². The van der Waals surface area contributed by atoms with E-state index >= 15 is 0 Å². The molecular weight excluding hydrogens is 181 g/mol. The summed E-state index contributed by atoms with van der Waals surface area (Å²) in [4.78, 5) is 8.36. The molecule has 0 saturated heterocycles. The fourth-order valence-electron chi connectivity index (χ4n) is 0. The first-order valence-electron chi connectivity index (χ1n) is 0.565. The summed E-state index contributed by atoms with van der Waals surface area (Å²) in [5, 5.41) is 13.6. The van der Waals surface area contributed by atoms with Crippen LogP contribution < -0.4 is 68.4 Å². The van der Waals surface area contributed by atoms with Crippen LogP contribution in [0.3, 0.4) is 0 Å². The van der Waals surface area contributed by atoms with Crippen molar-refractivity contribution >= 4 is 0 Å². The predicted molar refractivity (Wildman–Crippen MR) is 8.78 cm³/mol. The molecule has 0 bridgehead atoms. The molecule has 6 heavy (non-hydrogen) atoms. The maximum Gasteiger partial charge on any atom is 1.00 e. The van der Waals surface area contributed by atoms with Crippen LogP contribution in [-0.4, -0.2) is 10.3 Å². The van der Waals surface area contributed by atoms with Crippen LogP contribution in [0.2, 0.25) is 0 Å². The second-order valence-electron chi connectivity index (χ2n) is 0.238. The van der Waals surface area contributed by atoms with Crippen molar-refractivity contribution < 1.29 is 78.7 Å². The molecule has 0 radical (unpaired) electrons. The van der Waals surface area contributed by atoms with E-state index in [4.69, 9.17) is 15.3 Å². The van der Waals surface area contributed by atoms with Crippen molar-refractivity contribution in [2.24, 2.45) is 0 Å². The molecule has 1 N–H and O–H groups in total. The molecule has 6 heteroatoms. The van der Waals surface area contributed by atoms with Crippen molar-refractivity contribution in [3.8, 4) is 0 Å². The second kappa shape index (κ2) is 9.58. The Kier molecular flexibility index (Phi) is 25.0. The van der Waals surface area contributed by atoms with E-state index in [2.05, 4.69) is 0 Å². The Hall–Kier alpha value is 1.32. The molecule has 0 rings (SSSR count). The van der Waals surface area contributed by atoms with Gasteiger partial charge in [-0.1, -0.05) is 0 Å². The summed E-state index contributed by atoms with van der Waals surface area (Å²) >= 11 is 0. The summed E-state index contributed by atoms with van der Waals surface area (Å²) in [6.45, 7) is 0. The summed E-state index contributed by atoms with van der Waals surface area (Å²) in [6, 6.07) is 0. The van der Waals surface area contributed by atoms with E-state index in [0.29, 0.717) is 0 Å². The Morgan fingerprint density at radius 2 is 1.67 bits per heavy atom. The zero-order valence-corrected chi connectivity index (χ0v) is 7.80. The molecule has 0 aromatic rings. The fourth-order valence-corrected chi connectivity index (χ4v) is 0. The molecule has 0 aromatic carbocycles. The van der Waals surface area contributed by atoms with Crippen molar-refractivity contribution in [3.05, 3.63) is 10.1 Å². The third-order valence-electron chi connectivity index (χ3n) is 0. The minimum Gasteiger partial charge on any atom is -1.00 e. The van der Waals surface area contributed by atoms with Gasteiger partial charge in [0.2, 0.25) is 0 Å². The standard InChI is InChI=1S/BrH.K.HNO3/c;;2-1(3)4/h1H;;(H,2,3,4)/q;+1;/p-1. The van der Waals surface area contributed by atoms with Crippen LogP contribution in [0.15, 0.2) is 0 Å². The molecule has 0 aliphatic rings. The summed E-state index contributed by atoms with van der Waals surface area (Å²) in [5.41, 5.74) is 0. The number of rotatable bonds is 0. The summed E-state index contributed by atoms with van der Waals surface area (Å²) in [6.07, 6.45) is 0. The number of hydrogen-bond donors (Lipinski definition) is 1. The van der Waals surface area contributed by atoms with E-state index in [1.807, 2.05) is 0 Å². The largest absolute Gasteiger partial charge is 1.00 e. The van der Waals surface area contributed by atoms with Gasteiger partial charge in [-0.05, 0) is 0 Å². The minimum absolute atomic E-state index is 0. The molecule has 0 heterocycles. The third kappa shape index (κ3) is 57.2. The Bertz CT molecular complexity index is 33.8. The number of halogens is 1. The number of hydrogen-bond acceptors (Lipinski definition) is 2. The normalized spacial score (nSPS) is 4.00. The van der Waals surface area contributed by atoms with Crippen molar-refractivity contribution in [3.63, 3.8) is 0 Å². The first-order valence-corrected chi connectivity index (χ1v) is 0.565. The molecule has 0 saturated carbocycles. The van der Waals surface area contributed by atoms with Crippen LogP contribution in [0.1, 0.15) is 0 Å². The Labute approximate surface area is 87.2 Å². The Morgan fingerprint density at radius 1 is 1.67 bits per heavy atom. The topological polar surface area (TPSA) is 63.4 Å². The minimum atomic E-state index is -1.50.